The van der Waals surface area contributed by atoms with E-state index in [1.807, 2.05) is 0 Å². The maximum absolute atomic E-state index is 5.63. The van der Waals surface area contributed by atoms with E-state index < -0.39 is 17.8 Å². The van der Waals surface area contributed by atoms with Crippen LogP contribution in [-0.2, 0) is 27.7 Å². The molecular formula is C12H29NO3Ti. The van der Waals surface area contributed by atoms with Gasteiger partial charge in [-0.05, 0) is 12.8 Å². The molecule has 0 aromatic rings. The molecule has 0 saturated heterocycles. The molecule has 17 heavy (non-hydrogen) atoms. The van der Waals surface area contributed by atoms with E-state index >= 15 is 0 Å². The Morgan fingerprint density at radius 1 is 1.00 bits per heavy atom. The van der Waals surface area contributed by atoms with Crippen molar-refractivity contribution in [2.24, 2.45) is 5.73 Å². The Kier molecular flexibility index (Phi) is 10.8. The molecule has 1 aliphatic rings. The van der Waals surface area contributed by atoms with Crippen LogP contribution in [0.3, 0.4) is 0 Å². The van der Waals surface area contributed by atoms with Gasteiger partial charge in [0.2, 0.25) is 0 Å². The Morgan fingerprint density at radius 3 is 1.65 bits per heavy atom. The van der Waals surface area contributed by atoms with Gasteiger partial charge in [0, 0.05) is 6.04 Å². The molecule has 0 aromatic carbocycles. The van der Waals surface area contributed by atoms with Gasteiger partial charge in [0.25, 0.3) is 0 Å². The summed E-state index contributed by atoms with van der Waals surface area (Å²) in [5.41, 5.74) is 5.63. The second-order valence-electron chi connectivity index (χ2n) is 4.44. The van der Waals surface area contributed by atoms with E-state index in [4.69, 9.17) is 15.7 Å². The first-order valence-electron chi connectivity index (χ1n) is 6.55. The van der Waals surface area contributed by atoms with Crippen LogP contribution < -0.4 is 5.73 Å². The molecule has 0 spiro atoms. The smallest absolute Gasteiger partial charge is 0.00388 e. The summed E-state index contributed by atoms with van der Waals surface area (Å²) in [4.78, 5) is 0. The molecule has 1 fully saturated rings. The Morgan fingerprint density at radius 2 is 1.47 bits per heavy atom. The fraction of sp³-hybridized carbons (Fsp3) is 1.00. The summed E-state index contributed by atoms with van der Waals surface area (Å²) in [6.07, 6.45) is 7.71. The van der Waals surface area contributed by atoms with Crippen LogP contribution in [0.5, 0.6) is 0 Å². The molecule has 0 heterocycles. The minimum Gasteiger partial charge on any atom is -0.328 e. The summed E-state index contributed by atoms with van der Waals surface area (Å²) >= 11 is -2.70. The number of hydrogen-bond donors (Lipinski definition) is 1. The topological polar surface area (TPSA) is 53.7 Å². The fourth-order valence-corrected chi connectivity index (χ4v) is 4.69. The van der Waals surface area contributed by atoms with E-state index in [2.05, 4.69) is 6.92 Å². The van der Waals surface area contributed by atoms with E-state index in [1.165, 1.54) is 32.1 Å². The number of rotatable bonds is 5. The van der Waals surface area contributed by atoms with Gasteiger partial charge in [-0.3, -0.25) is 0 Å². The average molecular weight is 283 g/mol. The van der Waals surface area contributed by atoms with Gasteiger partial charge in [0.05, 0.1) is 0 Å². The zero-order chi connectivity index (χ0) is 13.1. The fourth-order valence-electron chi connectivity index (χ4n) is 2.00. The molecule has 1 rings (SSSR count). The summed E-state index contributed by atoms with van der Waals surface area (Å²) in [6, 6.07) is 0.536. The minimum atomic E-state index is -2.70. The first-order valence-corrected chi connectivity index (χ1v) is 9.56. The van der Waals surface area contributed by atoms with Crippen molar-refractivity contribution in [3.63, 3.8) is 0 Å². The van der Waals surface area contributed by atoms with E-state index in [1.54, 1.807) is 21.3 Å². The van der Waals surface area contributed by atoms with Crippen LogP contribution in [0.1, 0.15) is 45.4 Å². The van der Waals surface area contributed by atoms with Crippen molar-refractivity contribution in [1.29, 1.82) is 0 Å². The SMILES string of the molecule is CC[CH2][Ti]([O]C)([O]C)[O]C.NC1CCCCC1. The molecule has 0 radical (unpaired) electrons. The summed E-state index contributed by atoms with van der Waals surface area (Å²) in [5.74, 6) is 0. The van der Waals surface area contributed by atoms with Crippen molar-refractivity contribution in [3.8, 4) is 0 Å². The molecule has 0 amide bonds. The third kappa shape index (κ3) is 7.55. The zero-order valence-corrected chi connectivity index (χ0v) is 13.4. The van der Waals surface area contributed by atoms with Crippen LogP contribution >= 0.6 is 0 Å². The quantitative estimate of drug-likeness (QED) is 0.788. The van der Waals surface area contributed by atoms with E-state index in [0.717, 1.165) is 11.1 Å². The Labute approximate surface area is 111 Å². The molecule has 0 aliphatic heterocycles. The van der Waals surface area contributed by atoms with Crippen molar-refractivity contribution in [1.82, 2.24) is 0 Å². The first-order chi connectivity index (χ1) is 8.14. The van der Waals surface area contributed by atoms with Gasteiger partial charge < -0.3 is 5.73 Å². The summed E-state index contributed by atoms with van der Waals surface area (Å²) < 4.78 is 16.6. The largest absolute Gasteiger partial charge is 0.328 e. The van der Waals surface area contributed by atoms with Crippen LogP contribution in [0.2, 0.25) is 4.73 Å². The summed E-state index contributed by atoms with van der Waals surface area (Å²) in [5, 5.41) is 0. The molecule has 0 aromatic heterocycles. The Balaban J connectivity index is 0.000000318. The molecule has 1 saturated carbocycles. The van der Waals surface area contributed by atoms with Crippen molar-refractivity contribution in [2.75, 3.05) is 21.3 Å². The van der Waals surface area contributed by atoms with Crippen LogP contribution in [0.4, 0.5) is 0 Å². The molecule has 5 heteroatoms. The van der Waals surface area contributed by atoms with Gasteiger partial charge in [-0.2, -0.15) is 0 Å². The van der Waals surface area contributed by atoms with Gasteiger partial charge in [0.15, 0.2) is 0 Å². The first kappa shape index (κ1) is 17.6. The van der Waals surface area contributed by atoms with Crippen molar-refractivity contribution in [3.05, 3.63) is 0 Å². The Hall–Kier alpha value is 0.554. The molecule has 0 unspecified atom stereocenters. The van der Waals surface area contributed by atoms with Crippen LogP contribution in [-0.4, -0.2) is 27.4 Å². The van der Waals surface area contributed by atoms with E-state index in [-0.39, 0.29) is 0 Å². The summed E-state index contributed by atoms with van der Waals surface area (Å²) in [6.45, 7) is 2.09. The van der Waals surface area contributed by atoms with E-state index in [0.29, 0.717) is 6.04 Å². The minimum absolute atomic E-state index is 0.536. The van der Waals surface area contributed by atoms with Crippen molar-refractivity contribution < 1.29 is 27.7 Å². The molecule has 2 N–H and O–H groups in total. The maximum Gasteiger partial charge on any atom is 0.00388 e. The van der Waals surface area contributed by atoms with Crippen molar-refractivity contribution in [2.45, 2.75) is 56.2 Å². The van der Waals surface area contributed by atoms with Gasteiger partial charge in [-0.1, -0.05) is 19.3 Å². The standard InChI is InChI=1S/C6H13N.C3H7.3CH3O.Ti/c7-6-4-2-1-3-5-6;1-3-2;3*1-2;/h6H,1-5,7H2;1,3H2,2H3;3*1H3;/q;;3*-1;+3. The zero-order valence-electron chi connectivity index (χ0n) is 11.8. The predicted molar refractivity (Wildman–Crippen MR) is 67.2 cm³/mol. The second-order valence-corrected chi connectivity index (χ2v) is 9.27. The monoisotopic (exact) mass is 283 g/mol. The van der Waals surface area contributed by atoms with Gasteiger partial charge in [0.1, 0.15) is 0 Å². The number of hydrogen-bond acceptors (Lipinski definition) is 4. The molecule has 0 atom stereocenters. The van der Waals surface area contributed by atoms with Gasteiger partial charge in [-0.25, -0.2) is 0 Å². The van der Waals surface area contributed by atoms with E-state index in [9.17, 15) is 0 Å². The maximum atomic E-state index is 5.63. The number of nitrogens with two attached hydrogens (primary N) is 1. The van der Waals surface area contributed by atoms with Crippen LogP contribution in [0, 0.1) is 0 Å². The van der Waals surface area contributed by atoms with Gasteiger partial charge in [-0.15, -0.1) is 0 Å². The third-order valence-electron chi connectivity index (χ3n) is 3.14. The molecule has 104 valence electrons. The predicted octanol–water partition coefficient (Wildman–Crippen LogP) is 2.93. The molecular weight excluding hydrogens is 254 g/mol. The third-order valence-corrected chi connectivity index (χ3v) is 7.79. The van der Waals surface area contributed by atoms with Crippen LogP contribution in [0.15, 0.2) is 0 Å². The molecule has 0 bridgehead atoms. The molecule has 4 nitrogen and oxygen atoms in total. The van der Waals surface area contributed by atoms with Crippen molar-refractivity contribution >= 4 is 0 Å². The molecule has 1 aliphatic carbocycles. The Bertz CT molecular complexity index is 163. The summed E-state index contributed by atoms with van der Waals surface area (Å²) in [7, 11) is 4.97. The van der Waals surface area contributed by atoms with Gasteiger partial charge >= 0.3 is 67.1 Å². The van der Waals surface area contributed by atoms with Crippen LogP contribution in [0.25, 0.3) is 0 Å². The average Bonchev–Trinajstić information content (AvgIpc) is 2.38. The second kappa shape index (κ2) is 10.5. The normalized spacial score (nSPS) is 17.5.